The van der Waals surface area contributed by atoms with E-state index in [0.29, 0.717) is 5.92 Å². The van der Waals surface area contributed by atoms with Crippen molar-refractivity contribution in [3.05, 3.63) is 53.6 Å². The highest BCUT2D eigenvalue weighted by Gasteiger charge is 2.15. The molecule has 1 aliphatic rings. The third kappa shape index (κ3) is 1.28. The Morgan fingerprint density at radius 2 is 1.94 bits per heavy atom. The second-order valence-electron chi connectivity index (χ2n) is 5.24. The van der Waals surface area contributed by atoms with E-state index in [2.05, 4.69) is 60.5 Å². The number of aromatic nitrogens is 1. The molecule has 1 nitrogen and oxygen atoms in total. The van der Waals surface area contributed by atoms with Crippen LogP contribution in [0.2, 0.25) is 0 Å². The van der Waals surface area contributed by atoms with Gasteiger partial charge in [0.2, 0.25) is 0 Å². The van der Waals surface area contributed by atoms with Gasteiger partial charge in [0.25, 0.3) is 0 Å². The third-order valence-corrected chi connectivity index (χ3v) is 4.03. The SMILES string of the molecule is CC1CC=Cc2cc3[nH]c4ccccc4c3cc21. The Morgan fingerprint density at radius 1 is 1.06 bits per heavy atom. The molecule has 18 heavy (non-hydrogen) atoms. The van der Waals surface area contributed by atoms with Crippen molar-refractivity contribution in [2.75, 3.05) is 0 Å². The van der Waals surface area contributed by atoms with Crippen LogP contribution in [-0.4, -0.2) is 4.98 Å². The molecular formula is C17H15N. The molecule has 0 radical (unpaired) electrons. The van der Waals surface area contributed by atoms with E-state index in [1.165, 1.54) is 32.9 Å². The van der Waals surface area contributed by atoms with Crippen LogP contribution < -0.4 is 0 Å². The number of H-pyrrole nitrogens is 1. The lowest BCUT2D eigenvalue weighted by atomic mass is 9.87. The highest BCUT2D eigenvalue weighted by molar-refractivity contribution is 6.08. The maximum Gasteiger partial charge on any atom is 0.0471 e. The summed E-state index contributed by atoms with van der Waals surface area (Å²) in [5.74, 6) is 0.628. The van der Waals surface area contributed by atoms with Gasteiger partial charge in [-0.2, -0.15) is 0 Å². The first-order valence-electron chi connectivity index (χ1n) is 6.54. The van der Waals surface area contributed by atoms with Crippen LogP contribution in [0.15, 0.2) is 42.5 Å². The van der Waals surface area contributed by atoms with Gasteiger partial charge in [0.05, 0.1) is 0 Å². The molecule has 88 valence electrons. The van der Waals surface area contributed by atoms with Gasteiger partial charge < -0.3 is 4.98 Å². The van der Waals surface area contributed by atoms with E-state index >= 15 is 0 Å². The van der Waals surface area contributed by atoms with Gasteiger partial charge >= 0.3 is 0 Å². The molecule has 1 atom stereocenters. The van der Waals surface area contributed by atoms with Crippen LogP contribution in [0.3, 0.4) is 0 Å². The van der Waals surface area contributed by atoms with Gasteiger partial charge in [-0.05, 0) is 41.7 Å². The number of hydrogen-bond donors (Lipinski definition) is 1. The molecule has 0 saturated heterocycles. The topological polar surface area (TPSA) is 15.8 Å². The lowest BCUT2D eigenvalue weighted by molar-refractivity contribution is 0.773. The Balaban J connectivity index is 2.14. The molecule has 0 spiro atoms. The lowest BCUT2D eigenvalue weighted by Crippen LogP contribution is -1.99. The zero-order chi connectivity index (χ0) is 12.1. The fourth-order valence-corrected chi connectivity index (χ4v) is 3.03. The average Bonchev–Trinajstić information content (AvgIpc) is 2.75. The summed E-state index contributed by atoms with van der Waals surface area (Å²) < 4.78 is 0. The second kappa shape index (κ2) is 3.49. The first-order chi connectivity index (χ1) is 8.83. The summed E-state index contributed by atoms with van der Waals surface area (Å²) in [6.07, 6.45) is 5.68. The highest BCUT2D eigenvalue weighted by atomic mass is 14.7. The summed E-state index contributed by atoms with van der Waals surface area (Å²) in [5, 5.41) is 2.68. The first kappa shape index (κ1) is 9.95. The quantitative estimate of drug-likeness (QED) is 0.571. The predicted molar refractivity (Wildman–Crippen MR) is 77.9 cm³/mol. The minimum atomic E-state index is 0.628. The molecule has 1 aromatic heterocycles. The van der Waals surface area contributed by atoms with Crippen molar-refractivity contribution in [1.82, 2.24) is 4.98 Å². The number of aromatic amines is 1. The van der Waals surface area contributed by atoms with E-state index in [1.54, 1.807) is 0 Å². The Morgan fingerprint density at radius 3 is 2.89 bits per heavy atom. The fourth-order valence-electron chi connectivity index (χ4n) is 3.03. The number of fused-ring (bicyclic) bond motifs is 4. The van der Waals surface area contributed by atoms with Crippen molar-refractivity contribution in [2.24, 2.45) is 0 Å². The third-order valence-electron chi connectivity index (χ3n) is 4.03. The molecule has 0 bridgehead atoms. The maximum atomic E-state index is 3.51. The maximum absolute atomic E-state index is 3.51. The summed E-state index contributed by atoms with van der Waals surface area (Å²) in [5.41, 5.74) is 5.32. The summed E-state index contributed by atoms with van der Waals surface area (Å²) in [6, 6.07) is 13.2. The zero-order valence-corrected chi connectivity index (χ0v) is 10.4. The normalized spacial score (nSPS) is 18.4. The van der Waals surface area contributed by atoms with Gasteiger partial charge in [-0.3, -0.25) is 0 Å². The summed E-state index contributed by atoms with van der Waals surface area (Å²) in [4.78, 5) is 3.51. The minimum Gasteiger partial charge on any atom is -0.354 e. The van der Waals surface area contributed by atoms with Crippen LogP contribution in [0.25, 0.3) is 27.9 Å². The molecule has 0 amide bonds. The van der Waals surface area contributed by atoms with Gasteiger partial charge in [-0.15, -0.1) is 0 Å². The molecule has 1 unspecified atom stereocenters. The van der Waals surface area contributed by atoms with E-state index in [1.807, 2.05) is 0 Å². The Hall–Kier alpha value is -2.02. The van der Waals surface area contributed by atoms with Crippen LogP contribution in [0, 0.1) is 0 Å². The van der Waals surface area contributed by atoms with Crippen molar-refractivity contribution in [3.8, 4) is 0 Å². The predicted octanol–water partition coefficient (Wildman–Crippen LogP) is 4.84. The summed E-state index contributed by atoms with van der Waals surface area (Å²) in [6.45, 7) is 2.31. The molecule has 3 aromatic rings. The van der Waals surface area contributed by atoms with Crippen molar-refractivity contribution in [3.63, 3.8) is 0 Å². The number of allylic oxidation sites excluding steroid dienone is 1. The van der Waals surface area contributed by atoms with Crippen molar-refractivity contribution in [1.29, 1.82) is 0 Å². The summed E-state index contributed by atoms with van der Waals surface area (Å²) in [7, 11) is 0. The molecular weight excluding hydrogens is 218 g/mol. The number of para-hydroxylation sites is 1. The van der Waals surface area contributed by atoms with E-state index in [0.717, 1.165) is 6.42 Å². The van der Waals surface area contributed by atoms with Gasteiger partial charge in [0.15, 0.2) is 0 Å². The molecule has 4 rings (SSSR count). The molecule has 1 aliphatic carbocycles. The number of hydrogen-bond acceptors (Lipinski definition) is 0. The van der Waals surface area contributed by atoms with Gasteiger partial charge in [-0.1, -0.05) is 37.3 Å². The highest BCUT2D eigenvalue weighted by Crippen LogP contribution is 2.35. The Labute approximate surface area is 106 Å². The number of benzene rings is 2. The molecule has 2 aromatic carbocycles. The molecule has 0 saturated carbocycles. The number of nitrogens with one attached hydrogen (secondary N) is 1. The monoisotopic (exact) mass is 233 g/mol. The molecule has 0 aliphatic heterocycles. The van der Waals surface area contributed by atoms with Crippen molar-refractivity contribution < 1.29 is 0 Å². The van der Waals surface area contributed by atoms with E-state index in [4.69, 9.17) is 0 Å². The smallest absolute Gasteiger partial charge is 0.0471 e. The summed E-state index contributed by atoms with van der Waals surface area (Å²) >= 11 is 0. The van der Waals surface area contributed by atoms with Crippen LogP contribution >= 0.6 is 0 Å². The van der Waals surface area contributed by atoms with Crippen molar-refractivity contribution >= 4 is 27.9 Å². The van der Waals surface area contributed by atoms with E-state index in [9.17, 15) is 0 Å². The van der Waals surface area contributed by atoms with Crippen LogP contribution in [0.4, 0.5) is 0 Å². The largest absolute Gasteiger partial charge is 0.354 e. The van der Waals surface area contributed by atoms with Crippen LogP contribution in [-0.2, 0) is 0 Å². The van der Waals surface area contributed by atoms with E-state index < -0.39 is 0 Å². The standard InChI is InChI=1S/C17H15N/c1-11-5-4-6-12-9-17-15(10-14(11)12)13-7-2-3-8-16(13)18-17/h2-4,6-11,18H,5H2,1H3. The Bertz CT molecular complexity index is 777. The molecule has 1 heteroatoms. The Kier molecular flexibility index (Phi) is 1.93. The number of rotatable bonds is 0. The van der Waals surface area contributed by atoms with Gasteiger partial charge in [0.1, 0.15) is 0 Å². The fraction of sp³-hybridized carbons (Fsp3) is 0.176. The molecule has 1 N–H and O–H groups in total. The molecule has 1 heterocycles. The zero-order valence-electron chi connectivity index (χ0n) is 10.4. The minimum absolute atomic E-state index is 0.628. The second-order valence-corrected chi connectivity index (χ2v) is 5.24. The van der Waals surface area contributed by atoms with Gasteiger partial charge in [0, 0.05) is 21.8 Å². The molecule has 0 fully saturated rings. The van der Waals surface area contributed by atoms with Gasteiger partial charge in [-0.25, -0.2) is 0 Å². The van der Waals surface area contributed by atoms with Crippen molar-refractivity contribution in [2.45, 2.75) is 19.3 Å². The van der Waals surface area contributed by atoms with E-state index in [-0.39, 0.29) is 0 Å². The lowest BCUT2D eigenvalue weighted by Gasteiger charge is -2.17. The first-order valence-corrected chi connectivity index (χ1v) is 6.54. The van der Waals surface area contributed by atoms with Crippen LogP contribution in [0.5, 0.6) is 0 Å². The average molecular weight is 233 g/mol. The van der Waals surface area contributed by atoms with Crippen LogP contribution in [0.1, 0.15) is 30.4 Å².